The summed E-state index contributed by atoms with van der Waals surface area (Å²) >= 11 is 5.84. The molecule has 1 aromatic heterocycles. The average molecular weight is 240 g/mol. The molecule has 2 rings (SSSR count). The molecule has 0 saturated heterocycles. The highest BCUT2D eigenvalue weighted by atomic mass is 35.5. The molecule has 0 amide bonds. The Kier molecular flexibility index (Phi) is 2.80. The highest BCUT2D eigenvalue weighted by Gasteiger charge is 2.20. The van der Waals surface area contributed by atoms with E-state index in [1.54, 1.807) is 12.3 Å². The SMILES string of the molecule is NCCc1c[nH]c2ccc(Cl)c([N+](=O)[O-])c12. The van der Waals surface area contributed by atoms with Crippen LogP contribution in [0.5, 0.6) is 0 Å². The van der Waals surface area contributed by atoms with E-state index in [2.05, 4.69) is 4.98 Å². The molecule has 3 N–H and O–H groups in total. The number of nitro groups is 1. The predicted octanol–water partition coefficient (Wildman–Crippen LogP) is 2.23. The lowest BCUT2D eigenvalue weighted by Gasteiger charge is -2.00. The second kappa shape index (κ2) is 4.11. The fourth-order valence-electron chi connectivity index (χ4n) is 1.78. The van der Waals surface area contributed by atoms with Crippen LogP contribution in [0.4, 0.5) is 5.69 Å². The molecule has 0 unspecified atom stereocenters. The Morgan fingerprint density at radius 1 is 1.50 bits per heavy atom. The van der Waals surface area contributed by atoms with E-state index in [0.29, 0.717) is 23.9 Å². The number of aromatic nitrogens is 1. The van der Waals surface area contributed by atoms with Crippen molar-refractivity contribution in [2.45, 2.75) is 6.42 Å². The zero-order chi connectivity index (χ0) is 11.7. The van der Waals surface area contributed by atoms with Crippen molar-refractivity contribution in [3.05, 3.63) is 39.0 Å². The Morgan fingerprint density at radius 3 is 2.88 bits per heavy atom. The summed E-state index contributed by atoms with van der Waals surface area (Å²) in [5.41, 5.74) is 6.94. The summed E-state index contributed by atoms with van der Waals surface area (Å²) in [6, 6.07) is 3.25. The molecule has 84 valence electrons. The van der Waals surface area contributed by atoms with Crippen LogP contribution in [0.15, 0.2) is 18.3 Å². The van der Waals surface area contributed by atoms with E-state index in [1.165, 1.54) is 6.07 Å². The molecule has 0 atom stereocenters. The monoisotopic (exact) mass is 239 g/mol. The number of aromatic amines is 1. The van der Waals surface area contributed by atoms with E-state index < -0.39 is 4.92 Å². The van der Waals surface area contributed by atoms with Gasteiger partial charge >= 0.3 is 0 Å². The number of hydrogen-bond acceptors (Lipinski definition) is 3. The summed E-state index contributed by atoms with van der Waals surface area (Å²) in [6.07, 6.45) is 2.32. The number of rotatable bonds is 3. The Hall–Kier alpha value is -1.59. The van der Waals surface area contributed by atoms with Crippen molar-refractivity contribution in [1.29, 1.82) is 0 Å². The Labute approximate surface area is 96.3 Å². The van der Waals surface area contributed by atoms with Gasteiger partial charge in [0.05, 0.1) is 15.8 Å². The van der Waals surface area contributed by atoms with Crippen LogP contribution in [-0.2, 0) is 6.42 Å². The zero-order valence-corrected chi connectivity index (χ0v) is 9.12. The van der Waals surface area contributed by atoms with E-state index in [9.17, 15) is 10.1 Å². The fourth-order valence-corrected chi connectivity index (χ4v) is 2.01. The molecule has 0 aliphatic rings. The quantitative estimate of drug-likeness (QED) is 0.636. The van der Waals surface area contributed by atoms with Crippen LogP contribution in [0.1, 0.15) is 5.56 Å². The number of fused-ring (bicyclic) bond motifs is 1. The predicted molar refractivity (Wildman–Crippen MR) is 62.7 cm³/mol. The van der Waals surface area contributed by atoms with Crippen molar-refractivity contribution in [2.75, 3.05) is 6.54 Å². The van der Waals surface area contributed by atoms with Gasteiger partial charge in [-0.1, -0.05) is 11.6 Å². The van der Waals surface area contributed by atoms with Gasteiger partial charge in [0.25, 0.3) is 5.69 Å². The van der Waals surface area contributed by atoms with Crippen molar-refractivity contribution >= 4 is 28.2 Å². The van der Waals surface area contributed by atoms with E-state index in [4.69, 9.17) is 17.3 Å². The van der Waals surface area contributed by atoms with E-state index in [-0.39, 0.29) is 10.7 Å². The summed E-state index contributed by atoms with van der Waals surface area (Å²) in [5, 5.41) is 11.7. The van der Waals surface area contributed by atoms with Gasteiger partial charge in [0.2, 0.25) is 0 Å². The number of hydrogen-bond donors (Lipinski definition) is 2. The van der Waals surface area contributed by atoms with Gasteiger partial charge in [-0.25, -0.2) is 0 Å². The number of nitro benzene ring substituents is 1. The second-order valence-electron chi connectivity index (χ2n) is 3.43. The third-order valence-electron chi connectivity index (χ3n) is 2.45. The lowest BCUT2D eigenvalue weighted by Crippen LogP contribution is -2.02. The van der Waals surface area contributed by atoms with E-state index >= 15 is 0 Å². The van der Waals surface area contributed by atoms with Crippen molar-refractivity contribution in [2.24, 2.45) is 5.73 Å². The molecule has 6 heteroatoms. The first kappa shape index (κ1) is 10.9. The molecule has 5 nitrogen and oxygen atoms in total. The average Bonchev–Trinajstić information content (AvgIpc) is 2.61. The van der Waals surface area contributed by atoms with Crippen LogP contribution < -0.4 is 5.73 Å². The van der Waals surface area contributed by atoms with E-state index in [0.717, 1.165) is 5.56 Å². The molecule has 0 aliphatic heterocycles. The fraction of sp³-hybridized carbons (Fsp3) is 0.200. The molecule has 16 heavy (non-hydrogen) atoms. The van der Waals surface area contributed by atoms with Crippen LogP contribution in [0.3, 0.4) is 0 Å². The lowest BCUT2D eigenvalue weighted by molar-refractivity contribution is -0.382. The van der Waals surface area contributed by atoms with Gasteiger partial charge < -0.3 is 10.7 Å². The van der Waals surface area contributed by atoms with Crippen LogP contribution in [0, 0.1) is 10.1 Å². The minimum absolute atomic E-state index is 0.0520. The van der Waals surface area contributed by atoms with Crippen LogP contribution >= 0.6 is 11.6 Å². The standard InChI is InChI=1S/C10H10ClN3O2/c11-7-1-2-8-9(10(7)14(15)16)6(3-4-12)5-13-8/h1-2,5,13H,3-4,12H2. The van der Waals surface area contributed by atoms with Gasteiger partial charge in [-0.05, 0) is 30.7 Å². The highest BCUT2D eigenvalue weighted by Crippen LogP contribution is 2.35. The third-order valence-corrected chi connectivity index (χ3v) is 2.75. The first-order valence-corrected chi connectivity index (χ1v) is 5.16. The maximum Gasteiger partial charge on any atom is 0.297 e. The number of benzene rings is 1. The Balaban J connectivity index is 2.77. The molecule has 1 aromatic carbocycles. The first-order chi connectivity index (χ1) is 7.65. The number of halogens is 1. The molecule has 1 heterocycles. The Bertz CT molecular complexity index is 550. The number of nitrogens with two attached hydrogens (primary N) is 1. The minimum Gasteiger partial charge on any atom is -0.361 e. The third kappa shape index (κ3) is 1.64. The van der Waals surface area contributed by atoms with E-state index in [1.807, 2.05) is 0 Å². The number of H-pyrrole nitrogens is 1. The summed E-state index contributed by atoms with van der Waals surface area (Å²) in [7, 11) is 0. The first-order valence-electron chi connectivity index (χ1n) is 4.78. The molecule has 0 spiro atoms. The number of nitrogens with zero attached hydrogens (tertiary/aromatic N) is 1. The summed E-state index contributed by atoms with van der Waals surface area (Å²) in [5.74, 6) is 0. The van der Waals surface area contributed by atoms with Crippen LogP contribution in [0.2, 0.25) is 5.02 Å². The molecule has 2 aromatic rings. The van der Waals surface area contributed by atoms with Crippen molar-refractivity contribution in [3.63, 3.8) is 0 Å². The Morgan fingerprint density at radius 2 is 2.25 bits per heavy atom. The summed E-state index contributed by atoms with van der Waals surface area (Å²) in [4.78, 5) is 13.5. The summed E-state index contributed by atoms with van der Waals surface area (Å²) < 4.78 is 0. The van der Waals surface area contributed by atoms with Gasteiger partial charge in [-0.2, -0.15) is 0 Å². The summed E-state index contributed by atoms with van der Waals surface area (Å²) in [6.45, 7) is 0.441. The van der Waals surface area contributed by atoms with Gasteiger partial charge in [-0.15, -0.1) is 0 Å². The maximum absolute atomic E-state index is 11.0. The molecular weight excluding hydrogens is 230 g/mol. The second-order valence-corrected chi connectivity index (χ2v) is 3.84. The largest absolute Gasteiger partial charge is 0.361 e. The van der Waals surface area contributed by atoms with Crippen molar-refractivity contribution in [1.82, 2.24) is 4.98 Å². The zero-order valence-electron chi connectivity index (χ0n) is 8.37. The minimum atomic E-state index is -0.460. The highest BCUT2D eigenvalue weighted by molar-refractivity contribution is 6.34. The van der Waals surface area contributed by atoms with Gasteiger partial charge in [0.15, 0.2) is 0 Å². The molecule has 0 radical (unpaired) electrons. The molecule has 0 aliphatic carbocycles. The van der Waals surface area contributed by atoms with Gasteiger partial charge in [0, 0.05) is 6.20 Å². The molecule has 0 saturated carbocycles. The number of nitrogens with one attached hydrogen (secondary N) is 1. The van der Waals surface area contributed by atoms with Crippen molar-refractivity contribution < 1.29 is 4.92 Å². The normalized spacial score (nSPS) is 10.9. The van der Waals surface area contributed by atoms with Crippen LogP contribution in [-0.4, -0.2) is 16.5 Å². The topological polar surface area (TPSA) is 85.0 Å². The molecule has 0 fully saturated rings. The van der Waals surface area contributed by atoms with Gasteiger partial charge in [-0.3, -0.25) is 10.1 Å². The smallest absolute Gasteiger partial charge is 0.297 e. The van der Waals surface area contributed by atoms with Crippen LogP contribution in [0.25, 0.3) is 10.9 Å². The molecular formula is C10H10ClN3O2. The lowest BCUT2D eigenvalue weighted by atomic mass is 10.1. The maximum atomic E-state index is 11.0. The van der Waals surface area contributed by atoms with Crippen molar-refractivity contribution in [3.8, 4) is 0 Å². The van der Waals surface area contributed by atoms with Gasteiger partial charge in [0.1, 0.15) is 5.02 Å². The molecule has 0 bridgehead atoms.